The third kappa shape index (κ3) is 5.93. The zero-order chi connectivity index (χ0) is 15.0. The van der Waals surface area contributed by atoms with Gasteiger partial charge in [-0.25, -0.2) is 4.79 Å². The van der Waals surface area contributed by atoms with Crippen LogP contribution >= 0.6 is 0 Å². The molecule has 1 aromatic carbocycles. The molecule has 112 valence electrons. The van der Waals surface area contributed by atoms with Crippen molar-refractivity contribution in [3.05, 3.63) is 29.8 Å². The van der Waals surface area contributed by atoms with Crippen molar-refractivity contribution >= 4 is 6.03 Å². The maximum absolute atomic E-state index is 11.5. The number of aliphatic hydroxyl groups is 1. The second kappa shape index (κ2) is 7.75. The number of aryl methyl sites for hydroxylation is 1. The lowest BCUT2D eigenvalue weighted by Crippen LogP contribution is -2.50. The third-order valence-electron chi connectivity index (χ3n) is 2.81. The number of nitrogens with one attached hydrogen (secondary N) is 2. The van der Waals surface area contributed by atoms with E-state index in [9.17, 15) is 4.79 Å². The van der Waals surface area contributed by atoms with Gasteiger partial charge < -0.3 is 20.5 Å². The van der Waals surface area contributed by atoms with Crippen LogP contribution in [0.2, 0.25) is 0 Å². The summed E-state index contributed by atoms with van der Waals surface area (Å²) >= 11 is 0. The molecule has 3 N–H and O–H groups in total. The molecule has 2 amide bonds. The predicted octanol–water partition coefficient (Wildman–Crippen LogP) is 1.83. The fraction of sp³-hybridized carbons (Fsp3) is 0.533. The van der Waals surface area contributed by atoms with Gasteiger partial charge in [0.05, 0.1) is 18.8 Å². The highest BCUT2D eigenvalue weighted by Crippen LogP contribution is 2.15. The minimum atomic E-state index is -0.609. The van der Waals surface area contributed by atoms with Crippen LogP contribution in [0, 0.1) is 6.92 Å². The molecule has 0 aliphatic rings. The summed E-state index contributed by atoms with van der Waals surface area (Å²) < 4.78 is 5.63. The van der Waals surface area contributed by atoms with Gasteiger partial charge in [0.25, 0.3) is 0 Å². The first-order valence-electron chi connectivity index (χ1n) is 6.80. The maximum Gasteiger partial charge on any atom is 0.315 e. The Morgan fingerprint density at radius 3 is 2.70 bits per heavy atom. The molecule has 0 bridgehead atoms. The first kappa shape index (κ1) is 16.3. The highest BCUT2D eigenvalue weighted by molar-refractivity contribution is 5.74. The van der Waals surface area contributed by atoms with E-state index >= 15 is 0 Å². The summed E-state index contributed by atoms with van der Waals surface area (Å²) in [7, 11) is 0. The molecule has 0 aliphatic carbocycles. The number of carbonyl (C=O) groups is 1. The zero-order valence-corrected chi connectivity index (χ0v) is 12.4. The lowest BCUT2D eigenvalue weighted by Gasteiger charge is -2.23. The van der Waals surface area contributed by atoms with Gasteiger partial charge in [0, 0.05) is 6.54 Å². The van der Waals surface area contributed by atoms with Crippen LogP contribution in [0.3, 0.4) is 0 Å². The van der Waals surface area contributed by atoms with Gasteiger partial charge in [-0.2, -0.15) is 0 Å². The molecule has 0 fully saturated rings. The monoisotopic (exact) mass is 280 g/mol. The van der Waals surface area contributed by atoms with E-state index in [1.54, 1.807) is 13.8 Å². The Hall–Kier alpha value is -1.75. The molecule has 20 heavy (non-hydrogen) atoms. The highest BCUT2D eigenvalue weighted by Gasteiger charge is 2.18. The molecule has 0 aliphatic heterocycles. The first-order chi connectivity index (χ1) is 9.44. The van der Waals surface area contributed by atoms with Gasteiger partial charge in [-0.3, -0.25) is 0 Å². The number of ether oxygens (including phenoxy) is 1. The average Bonchev–Trinajstić information content (AvgIpc) is 2.40. The van der Waals surface area contributed by atoms with Gasteiger partial charge in [-0.15, -0.1) is 0 Å². The predicted molar refractivity (Wildman–Crippen MR) is 79.0 cm³/mol. The first-order valence-corrected chi connectivity index (χ1v) is 6.80. The van der Waals surface area contributed by atoms with Crippen LogP contribution in [0.15, 0.2) is 24.3 Å². The lowest BCUT2D eigenvalue weighted by atomic mass is 10.1. The summed E-state index contributed by atoms with van der Waals surface area (Å²) in [5, 5.41) is 14.5. The number of rotatable bonds is 7. The minimum Gasteiger partial charge on any atom is -0.493 e. The number of aliphatic hydroxyl groups excluding tert-OH is 1. The van der Waals surface area contributed by atoms with Crippen molar-refractivity contribution in [3.63, 3.8) is 0 Å². The zero-order valence-electron chi connectivity index (χ0n) is 12.4. The minimum absolute atomic E-state index is 0.100. The highest BCUT2D eigenvalue weighted by atomic mass is 16.5. The molecule has 0 atom stereocenters. The Morgan fingerprint density at radius 2 is 2.05 bits per heavy atom. The quantitative estimate of drug-likeness (QED) is 0.667. The lowest BCUT2D eigenvalue weighted by molar-refractivity contribution is 0.181. The SMILES string of the molecule is Cc1ccccc1OCCCNC(=O)NC(C)(C)CO. The van der Waals surface area contributed by atoms with E-state index in [1.807, 2.05) is 31.2 Å². The summed E-state index contributed by atoms with van der Waals surface area (Å²) in [6.45, 7) is 6.49. The van der Waals surface area contributed by atoms with Gasteiger partial charge in [0.2, 0.25) is 0 Å². The van der Waals surface area contributed by atoms with E-state index in [-0.39, 0.29) is 12.6 Å². The van der Waals surface area contributed by atoms with Crippen molar-refractivity contribution in [3.8, 4) is 5.75 Å². The molecule has 0 saturated heterocycles. The standard InChI is InChI=1S/C15H24N2O3/c1-12-7-4-5-8-13(12)20-10-6-9-16-14(19)17-15(2,3)11-18/h4-5,7-8,18H,6,9-11H2,1-3H3,(H2,16,17,19). The van der Waals surface area contributed by atoms with Crippen molar-refractivity contribution in [2.45, 2.75) is 32.7 Å². The normalized spacial score (nSPS) is 11.0. The number of amides is 2. The number of benzene rings is 1. The fourth-order valence-corrected chi connectivity index (χ4v) is 1.57. The van der Waals surface area contributed by atoms with Crippen molar-refractivity contribution in [1.82, 2.24) is 10.6 Å². The average molecular weight is 280 g/mol. The van der Waals surface area contributed by atoms with Crippen LogP contribution in [-0.2, 0) is 0 Å². The van der Waals surface area contributed by atoms with Crippen LogP contribution < -0.4 is 15.4 Å². The van der Waals surface area contributed by atoms with Gasteiger partial charge in [-0.05, 0) is 38.8 Å². The van der Waals surface area contributed by atoms with Crippen LogP contribution in [0.1, 0.15) is 25.8 Å². The van der Waals surface area contributed by atoms with Gasteiger partial charge >= 0.3 is 6.03 Å². The van der Waals surface area contributed by atoms with E-state index in [0.29, 0.717) is 13.2 Å². The summed E-state index contributed by atoms with van der Waals surface area (Å²) in [5.74, 6) is 0.873. The van der Waals surface area contributed by atoms with Gasteiger partial charge in [0.15, 0.2) is 0 Å². The molecule has 0 heterocycles. The van der Waals surface area contributed by atoms with Crippen LogP contribution in [-0.4, -0.2) is 36.4 Å². The Morgan fingerprint density at radius 1 is 1.35 bits per heavy atom. The molecule has 1 rings (SSSR count). The molecule has 5 nitrogen and oxygen atoms in total. The van der Waals surface area contributed by atoms with E-state index in [4.69, 9.17) is 9.84 Å². The topological polar surface area (TPSA) is 70.6 Å². The van der Waals surface area contributed by atoms with Crippen LogP contribution in [0.4, 0.5) is 4.79 Å². The molecular formula is C15H24N2O3. The largest absolute Gasteiger partial charge is 0.493 e. The molecule has 0 radical (unpaired) electrons. The fourth-order valence-electron chi connectivity index (χ4n) is 1.57. The van der Waals surface area contributed by atoms with Crippen molar-refractivity contribution in [2.24, 2.45) is 0 Å². The van der Waals surface area contributed by atoms with E-state index < -0.39 is 5.54 Å². The molecular weight excluding hydrogens is 256 g/mol. The second-order valence-corrected chi connectivity index (χ2v) is 5.39. The van der Waals surface area contributed by atoms with Crippen molar-refractivity contribution in [2.75, 3.05) is 19.8 Å². The number of para-hydroxylation sites is 1. The Balaban J connectivity index is 2.17. The smallest absolute Gasteiger partial charge is 0.315 e. The summed E-state index contributed by atoms with van der Waals surface area (Å²) in [5.41, 5.74) is 0.491. The molecule has 1 aromatic rings. The number of carbonyl (C=O) groups excluding carboxylic acids is 1. The molecule has 0 spiro atoms. The number of hydrogen-bond donors (Lipinski definition) is 3. The maximum atomic E-state index is 11.5. The summed E-state index contributed by atoms with van der Waals surface area (Å²) in [6.07, 6.45) is 0.724. The second-order valence-electron chi connectivity index (χ2n) is 5.39. The van der Waals surface area contributed by atoms with Gasteiger partial charge in [-0.1, -0.05) is 18.2 Å². The molecule has 5 heteroatoms. The Kier molecular flexibility index (Phi) is 6.31. The third-order valence-corrected chi connectivity index (χ3v) is 2.81. The van der Waals surface area contributed by atoms with E-state index in [2.05, 4.69) is 10.6 Å². The number of urea groups is 1. The molecule has 0 saturated carbocycles. The van der Waals surface area contributed by atoms with Crippen LogP contribution in [0.25, 0.3) is 0 Å². The Labute approximate surface area is 120 Å². The molecule has 0 aromatic heterocycles. The number of hydrogen-bond acceptors (Lipinski definition) is 3. The summed E-state index contributed by atoms with van der Waals surface area (Å²) in [6, 6.07) is 7.55. The van der Waals surface area contributed by atoms with Crippen LogP contribution in [0.5, 0.6) is 5.75 Å². The van der Waals surface area contributed by atoms with Crippen molar-refractivity contribution in [1.29, 1.82) is 0 Å². The Bertz CT molecular complexity index is 433. The van der Waals surface area contributed by atoms with E-state index in [1.165, 1.54) is 0 Å². The molecule has 0 unspecified atom stereocenters. The summed E-state index contributed by atoms with van der Waals surface area (Å²) in [4.78, 5) is 11.5. The van der Waals surface area contributed by atoms with Crippen molar-refractivity contribution < 1.29 is 14.6 Å². The van der Waals surface area contributed by atoms with E-state index in [0.717, 1.165) is 17.7 Å². The van der Waals surface area contributed by atoms with Gasteiger partial charge in [0.1, 0.15) is 5.75 Å².